The van der Waals surface area contributed by atoms with Crippen LogP contribution in [-0.2, 0) is 19.5 Å². The molecule has 0 bridgehead atoms. The molecule has 1 N–H and O–H groups in total. The molecule has 3 aromatic rings. The van der Waals surface area contributed by atoms with Crippen molar-refractivity contribution in [3.05, 3.63) is 58.7 Å². The number of amides is 1. The van der Waals surface area contributed by atoms with Gasteiger partial charge in [0.15, 0.2) is 0 Å². The molecule has 0 unspecified atom stereocenters. The van der Waals surface area contributed by atoms with Gasteiger partial charge in [0.2, 0.25) is 5.76 Å². The summed E-state index contributed by atoms with van der Waals surface area (Å²) in [7, 11) is 0. The smallest absolute Gasteiger partial charge is 0.371 e. The molecule has 1 aliphatic carbocycles. The largest absolute Gasteiger partial charge is 0.475 e. The maximum Gasteiger partial charge on any atom is 0.371 e. The van der Waals surface area contributed by atoms with Gasteiger partial charge in [0.1, 0.15) is 5.76 Å². The molecule has 6 rings (SSSR count). The number of hydrogen-bond acceptors (Lipinski definition) is 4. The number of carboxylic acid groups (broad SMARTS) is 1. The number of aromatic carboxylic acids is 1. The van der Waals surface area contributed by atoms with E-state index in [1.54, 1.807) is 6.07 Å². The van der Waals surface area contributed by atoms with Gasteiger partial charge in [-0.3, -0.25) is 9.69 Å². The first kappa shape index (κ1) is 23.3. The Bertz CT molecular complexity index is 1290. The van der Waals surface area contributed by atoms with Crippen LogP contribution in [0.25, 0.3) is 10.9 Å². The maximum atomic E-state index is 13.4. The molecule has 190 valence electrons. The van der Waals surface area contributed by atoms with E-state index in [1.165, 1.54) is 43.0 Å². The monoisotopic (exact) mass is 489 g/mol. The molecule has 1 amide bonds. The Morgan fingerprint density at radius 3 is 2.53 bits per heavy atom. The number of benzene rings is 1. The molecule has 1 saturated heterocycles. The summed E-state index contributed by atoms with van der Waals surface area (Å²) >= 11 is 0. The predicted molar refractivity (Wildman–Crippen MR) is 137 cm³/mol. The highest BCUT2D eigenvalue weighted by Crippen LogP contribution is 2.36. The number of furan rings is 1. The van der Waals surface area contributed by atoms with Crippen molar-refractivity contribution in [2.24, 2.45) is 5.92 Å². The van der Waals surface area contributed by atoms with Crippen LogP contribution in [0, 0.1) is 5.92 Å². The summed E-state index contributed by atoms with van der Waals surface area (Å²) in [5.41, 5.74) is 4.45. The number of likely N-dealkylation sites (tertiary alicyclic amines) is 1. The fourth-order valence-corrected chi connectivity index (χ4v) is 6.49. The Morgan fingerprint density at radius 1 is 1.03 bits per heavy atom. The molecule has 2 aliphatic heterocycles. The van der Waals surface area contributed by atoms with Crippen molar-refractivity contribution in [1.29, 1.82) is 0 Å². The molecule has 3 aliphatic rings. The molecular formula is C29H35N3O4. The summed E-state index contributed by atoms with van der Waals surface area (Å²) in [5.74, 6) is 0.357. The zero-order chi connectivity index (χ0) is 24.8. The minimum Gasteiger partial charge on any atom is -0.475 e. The third kappa shape index (κ3) is 4.23. The van der Waals surface area contributed by atoms with E-state index in [4.69, 9.17) is 4.42 Å². The lowest BCUT2D eigenvalue weighted by Crippen LogP contribution is -2.38. The van der Waals surface area contributed by atoms with E-state index in [2.05, 4.69) is 28.5 Å². The second-order valence-corrected chi connectivity index (χ2v) is 10.9. The van der Waals surface area contributed by atoms with E-state index < -0.39 is 5.97 Å². The molecule has 36 heavy (non-hydrogen) atoms. The van der Waals surface area contributed by atoms with E-state index >= 15 is 0 Å². The van der Waals surface area contributed by atoms with Crippen LogP contribution in [0.4, 0.5) is 0 Å². The molecule has 2 aromatic heterocycles. The third-order valence-electron chi connectivity index (χ3n) is 8.63. The van der Waals surface area contributed by atoms with Gasteiger partial charge in [0.05, 0.1) is 6.54 Å². The van der Waals surface area contributed by atoms with Crippen LogP contribution >= 0.6 is 0 Å². The lowest BCUT2D eigenvalue weighted by Gasteiger charge is -2.33. The number of fused-ring (bicyclic) bond motifs is 3. The van der Waals surface area contributed by atoms with E-state index in [-0.39, 0.29) is 11.7 Å². The average Bonchev–Trinajstić information content (AvgIpc) is 3.64. The Morgan fingerprint density at radius 2 is 1.81 bits per heavy atom. The van der Waals surface area contributed by atoms with Crippen LogP contribution in [0.2, 0.25) is 0 Å². The minimum absolute atomic E-state index is 0.0357. The number of hydrogen-bond donors (Lipinski definition) is 1. The number of carbonyl (C=O) groups excluding carboxylic acids is 1. The Kier molecular flexibility index (Phi) is 6.12. The predicted octanol–water partition coefficient (Wildman–Crippen LogP) is 5.15. The van der Waals surface area contributed by atoms with Crippen molar-refractivity contribution >= 4 is 22.8 Å². The van der Waals surface area contributed by atoms with Crippen LogP contribution in [0.1, 0.15) is 83.4 Å². The highest BCUT2D eigenvalue weighted by Gasteiger charge is 2.31. The second-order valence-electron chi connectivity index (χ2n) is 10.9. The summed E-state index contributed by atoms with van der Waals surface area (Å²) in [6.07, 6.45) is 8.25. The van der Waals surface area contributed by atoms with E-state index in [9.17, 15) is 14.7 Å². The second kappa shape index (κ2) is 9.43. The molecule has 0 atom stereocenters. The van der Waals surface area contributed by atoms with Crippen LogP contribution in [0.3, 0.4) is 0 Å². The van der Waals surface area contributed by atoms with Gasteiger partial charge in [-0.1, -0.05) is 19.8 Å². The first-order valence-electron chi connectivity index (χ1n) is 13.5. The number of nitrogens with zero attached hydrogens (tertiary/aromatic N) is 3. The van der Waals surface area contributed by atoms with E-state index in [0.717, 1.165) is 61.9 Å². The highest BCUT2D eigenvalue weighted by atomic mass is 16.4. The van der Waals surface area contributed by atoms with Crippen molar-refractivity contribution in [2.45, 2.75) is 71.0 Å². The van der Waals surface area contributed by atoms with Crippen LogP contribution in [0.5, 0.6) is 0 Å². The zero-order valence-corrected chi connectivity index (χ0v) is 21.0. The lowest BCUT2D eigenvalue weighted by molar-refractivity contribution is 0.0658. The van der Waals surface area contributed by atoms with Gasteiger partial charge in [-0.15, -0.1) is 0 Å². The number of aromatic nitrogens is 1. The number of carbonyl (C=O) groups is 2. The summed E-state index contributed by atoms with van der Waals surface area (Å²) in [5, 5.41) is 10.4. The quantitative estimate of drug-likeness (QED) is 0.536. The van der Waals surface area contributed by atoms with Crippen molar-refractivity contribution < 1.29 is 19.1 Å². The topological polar surface area (TPSA) is 78.9 Å². The molecule has 1 saturated carbocycles. The molecule has 2 fully saturated rings. The van der Waals surface area contributed by atoms with E-state index in [0.29, 0.717) is 24.3 Å². The molecule has 4 heterocycles. The third-order valence-corrected chi connectivity index (χ3v) is 8.63. The van der Waals surface area contributed by atoms with Crippen LogP contribution in [0.15, 0.2) is 34.7 Å². The van der Waals surface area contributed by atoms with Crippen molar-refractivity contribution in [3.8, 4) is 0 Å². The standard InChI is InChI=1S/C29H35N3O4/c1-19-10-13-30(14-11-19)28(33)20-6-8-25-23(16-20)24-18-31(21-4-2-3-5-21)15-12-26(24)32(25)17-22-7-9-27(36-22)29(34)35/h6-9,16,19,21H,2-5,10-15,17-18H2,1H3,(H,34,35). The van der Waals surface area contributed by atoms with Gasteiger partial charge in [0.25, 0.3) is 5.91 Å². The average molecular weight is 490 g/mol. The number of piperidine rings is 1. The normalized spacial score (nSPS) is 19.8. The summed E-state index contributed by atoms with van der Waals surface area (Å²) in [4.78, 5) is 29.4. The molecule has 0 spiro atoms. The number of carboxylic acids is 1. The molecule has 1 aromatic carbocycles. The Labute approximate surface area is 211 Å². The first-order valence-corrected chi connectivity index (χ1v) is 13.5. The molecule has 7 nitrogen and oxygen atoms in total. The van der Waals surface area contributed by atoms with Crippen molar-refractivity contribution in [1.82, 2.24) is 14.4 Å². The lowest BCUT2D eigenvalue weighted by atomic mass is 9.98. The maximum absolute atomic E-state index is 13.4. The first-order chi connectivity index (χ1) is 17.5. The summed E-state index contributed by atoms with van der Waals surface area (Å²) in [6, 6.07) is 10.1. The fraction of sp³-hybridized carbons (Fsp3) is 0.517. The zero-order valence-electron chi connectivity index (χ0n) is 21.0. The SMILES string of the molecule is CC1CCN(C(=O)c2ccc3c(c2)c2c(n3Cc3ccc(C(=O)O)o3)CCN(C3CCCC3)C2)CC1. The van der Waals surface area contributed by atoms with E-state index in [1.807, 2.05) is 11.0 Å². The molecule has 0 radical (unpaired) electrons. The van der Waals surface area contributed by atoms with Crippen molar-refractivity contribution in [3.63, 3.8) is 0 Å². The minimum atomic E-state index is -1.05. The summed E-state index contributed by atoms with van der Waals surface area (Å²) < 4.78 is 7.89. The van der Waals surface area contributed by atoms with Gasteiger partial charge >= 0.3 is 5.97 Å². The van der Waals surface area contributed by atoms with Gasteiger partial charge in [-0.05, 0) is 67.5 Å². The highest BCUT2D eigenvalue weighted by molar-refractivity contribution is 5.99. The van der Waals surface area contributed by atoms with Gasteiger partial charge in [-0.2, -0.15) is 0 Å². The Balaban J connectivity index is 1.38. The van der Waals surface area contributed by atoms with Crippen LogP contribution in [-0.4, -0.2) is 57.0 Å². The number of rotatable bonds is 5. The molecular weight excluding hydrogens is 454 g/mol. The Hall–Kier alpha value is -3.06. The van der Waals surface area contributed by atoms with Gasteiger partial charge in [-0.25, -0.2) is 4.79 Å². The fourth-order valence-electron chi connectivity index (χ4n) is 6.49. The van der Waals surface area contributed by atoms with Gasteiger partial charge < -0.3 is 19.0 Å². The summed E-state index contributed by atoms with van der Waals surface area (Å²) in [6.45, 7) is 6.34. The molecule has 7 heteroatoms. The van der Waals surface area contributed by atoms with Crippen LogP contribution < -0.4 is 0 Å². The van der Waals surface area contributed by atoms with Crippen molar-refractivity contribution in [2.75, 3.05) is 19.6 Å². The van der Waals surface area contributed by atoms with Gasteiger partial charge in [0, 0.05) is 60.8 Å².